The molecule has 19 heavy (non-hydrogen) atoms. The van der Waals surface area contributed by atoms with Crippen LogP contribution in [0.2, 0.25) is 0 Å². The largest absolute Gasteiger partial charge is 0.462 e. The molecule has 1 heterocycles. The Bertz CT molecular complexity index is 563. The van der Waals surface area contributed by atoms with Crippen molar-refractivity contribution in [2.45, 2.75) is 25.7 Å². The van der Waals surface area contributed by atoms with Crippen LogP contribution in [0.4, 0.5) is 10.7 Å². The number of nitrogens with two attached hydrogens (primary N) is 1. The Kier molecular flexibility index (Phi) is 5.19. The van der Waals surface area contributed by atoms with E-state index in [0.717, 1.165) is 11.3 Å². The molecular weight excluding hydrogens is 288 g/mol. The zero-order valence-corrected chi connectivity index (χ0v) is 12.8. The van der Waals surface area contributed by atoms with Crippen molar-refractivity contribution >= 4 is 37.8 Å². The Hall–Kier alpha value is -1.28. The lowest BCUT2D eigenvalue weighted by Gasteiger charge is -2.05. The van der Waals surface area contributed by atoms with Crippen LogP contribution >= 0.6 is 11.3 Å². The average Bonchev–Trinajstić information content (AvgIpc) is 2.68. The predicted molar refractivity (Wildman–Crippen MR) is 76.6 cm³/mol. The van der Waals surface area contributed by atoms with E-state index in [1.807, 2.05) is 6.92 Å². The van der Waals surface area contributed by atoms with Crippen LogP contribution in [0.3, 0.4) is 0 Å². The van der Waals surface area contributed by atoms with Crippen molar-refractivity contribution < 1.29 is 17.9 Å². The highest BCUT2D eigenvalue weighted by Crippen LogP contribution is 2.40. The summed E-state index contributed by atoms with van der Waals surface area (Å²) in [6.07, 6.45) is 0. The summed E-state index contributed by atoms with van der Waals surface area (Å²) in [5, 5.41) is 3.32. The normalized spacial score (nSPS) is 11.3. The fourth-order valence-electron chi connectivity index (χ4n) is 1.51. The number of anilines is 2. The molecule has 1 aromatic rings. The summed E-state index contributed by atoms with van der Waals surface area (Å²) in [6, 6.07) is 0. The van der Waals surface area contributed by atoms with Crippen molar-refractivity contribution in [1.82, 2.24) is 0 Å². The Morgan fingerprint density at radius 2 is 2.00 bits per heavy atom. The molecule has 6 nitrogen and oxygen atoms in total. The van der Waals surface area contributed by atoms with Gasteiger partial charge in [0.05, 0.1) is 18.0 Å². The molecule has 0 unspecified atom stereocenters. The van der Waals surface area contributed by atoms with E-state index in [2.05, 4.69) is 5.32 Å². The third-order valence-corrected chi connectivity index (χ3v) is 5.47. The van der Waals surface area contributed by atoms with E-state index in [0.29, 0.717) is 11.5 Å². The van der Waals surface area contributed by atoms with Gasteiger partial charge in [0.1, 0.15) is 14.8 Å². The van der Waals surface area contributed by atoms with E-state index in [1.54, 1.807) is 6.92 Å². The maximum atomic E-state index is 12.0. The summed E-state index contributed by atoms with van der Waals surface area (Å²) in [5.41, 5.74) is 5.79. The van der Waals surface area contributed by atoms with Gasteiger partial charge >= 0.3 is 5.97 Å². The number of hydrogen-bond acceptors (Lipinski definition) is 7. The molecule has 0 aromatic carbocycles. The van der Waals surface area contributed by atoms with Crippen LogP contribution in [-0.4, -0.2) is 33.3 Å². The summed E-state index contributed by atoms with van der Waals surface area (Å²) < 4.78 is 29.0. The average molecular weight is 306 g/mol. The third kappa shape index (κ3) is 3.19. The second-order valence-electron chi connectivity index (χ2n) is 3.66. The quantitative estimate of drug-likeness (QED) is 0.777. The van der Waals surface area contributed by atoms with E-state index in [-0.39, 0.29) is 27.8 Å². The van der Waals surface area contributed by atoms with Crippen LogP contribution in [0.25, 0.3) is 0 Å². The van der Waals surface area contributed by atoms with Crippen molar-refractivity contribution in [3.63, 3.8) is 0 Å². The number of thiophene rings is 1. The van der Waals surface area contributed by atoms with Crippen LogP contribution < -0.4 is 11.1 Å². The molecular formula is C11H18N2O4S2. The van der Waals surface area contributed by atoms with Gasteiger partial charge in [0.25, 0.3) is 0 Å². The molecule has 1 rings (SSSR count). The predicted octanol–water partition coefficient (Wildman–Crippen LogP) is 1.73. The summed E-state index contributed by atoms with van der Waals surface area (Å²) in [7, 11) is -3.49. The number of carbonyl (C=O) groups is 1. The highest BCUT2D eigenvalue weighted by Gasteiger charge is 2.29. The van der Waals surface area contributed by atoms with E-state index in [9.17, 15) is 13.2 Å². The van der Waals surface area contributed by atoms with Gasteiger partial charge < -0.3 is 15.8 Å². The van der Waals surface area contributed by atoms with Crippen LogP contribution in [0.15, 0.2) is 4.90 Å². The van der Waals surface area contributed by atoms with Crippen molar-refractivity contribution in [2.75, 3.05) is 30.0 Å². The number of rotatable bonds is 6. The first-order chi connectivity index (χ1) is 8.88. The topological polar surface area (TPSA) is 98.5 Å². The molecule has 0 saturated heterocycles. The van der Waals surface area contributed by atoms with Gasteiger partial charge in [-0.05, 0) is 13.8 Å². The number of nitrogen functional groups attached to an aromatic ring is 1. The van der Waals surface area contributed by atoms with Crippen molar-refractivity contribution in [3.8, 4) is 0 Å². The van der Waals surface area contributed by atoms with Gasteiger partial charge in [-0.3, -0.25) is 0 Å². The minimum Gasteiger partial charge on any atom is -0.462 e. The van der Waals surface area contributed by atoms with E-state index >= 15 is 0 Å². The number of ether oxygens (including phenoxy) is 1. The van der Waals surface area contributed by atoms with E-state index in [1.165, 1.54) is 6.92 Å². The number of nitrogens with one attached hydrogen (secondary N) is 1. The lowest BCUT2D eigenvalue weighted by atomic mass is 10.4. The molecule has 1 aromatic heterocycles. The number of sulfone groups is 1. The first kappa shape index (κ1) is 15.8. The van der Waals surface area contributed by atoms with Gasteiger partial charge in [0.15, 0.2) is 9.84 Å². The maximum absolute atomic E-state index is 12.0. The highest BCUT2D eigenvalue weighted by molar-refractivity contribution is 7.91. The Labute approximate surface area is 116 Å². The molecule has 0 aliphatic rings. The summed E-state index contributed by atoms with van der Waals surface area (Å²) in [4.78, 5) is 11.9. The van der Waals surface area contributed by atoms with Gasteiger partial charge in [-0.1, -0.05) is 6.92 Å². The molecule has 0 amide bonds. The van der Waals surface area contributed by atoms with Crippen molar-refractivity contribution in [3.05, 3.63) is 4.88 Å². The molecule has 3 N–H and O–H groups in total. The van der Waals surface area contributed by atoms with Gasteiger partial charge in [0, 0.05) is 6.54 Å². The van der Waals surface area contributed by atoms with Crippen molar-refractivity contribution in [1.29, 1.82) is 0 Å². The lowest BCUT2D eigenvalue weighted by molar-refractivity contribution is 0.0533. The van der Waals surface area contributed by atoms with Crippen molar-refractivity contribution in [2.24, 2.45) is 0 Å². The highest BCUT2D eigenvalue weighted by atomic mass is 32.2. The fraction of sp³-hybridized carbons (Fsp3) is 0.545. The van der Waals surface area contributed by atoms with Gasteiger partial charge in [-0.15, -0.1) is 11.3 Å². The smallest absolute Gasteiger partial charge is 0.350 e. The first-order valence-corrected chi connectivity index (χ1v) is 8.41. The lowest BCUT2D eigenvalue weighted by Crippen LogP contribution is -2.10. The first-order valence-electron chi connectivity index (χ1n) is 5.94. The van der Waals surface area contributed by atoms with Crippen LogP contribution in [-0.2, 0) is 14.6 Å². The second kappa shape index (κ2) is 6.25. The monoisotopic (exact) mass is 306 g/mol. The molecule has 0 spiro atoms. The second-order valence-corrected chi connectivity index (χ2v) is 6.89. The number of carbonyl (C=O) groups excluding carboxylic acids is 1. The molecule has 8 heteroatoms. The molecule has 0 aliphatic heterocycles. The van der Waals surface area contributed by atoms with Gasteiger partial charge in [-0.25, -0.2) is 13.2 Å². The van der Waals surface area contributed by atoms with E-state index in [4.69, 9.17) is 10.5 Å². The van der Waals surface area contributed by atoms with Crippen LogP contribution in [0, 0.1) is 0 Å². The minimum absolute atomic E-state index is 0.00454. The van der Waals surface area contributed by atoms with E-state index < -0.39 is 15.8 Å². The Morgan fingerprint density at radius 1 is 1.37 bits per heavy atom. The summed E-state index contributed by atoms with van der Waals surface area (Å²) >= 11 is 1.01. The molecule has 0 bridgehead atoms. The summed E-state index contributed by atoms with van der Waals surface area (Å²) in [5.74, 6) is -0.670. The maximum Gasteiger partial charge on any atom is 0.350 e. The Morgan fingerprint density at radius 3 is 2.47 bits per heavy atom. The van der Waals surface area contributed by atoms with Gasteiger partial charge in [0.2, 0.25) is 0 Å². The standard InChI is InChI=1S/C11H18N2O4S2/c1-4-13-10-9(19(15,16)6-3)7(12)8(18-10)11(14)17-5-2/h13H,4-6,12H2,1-3H3. The molecule has 108 valence electrons. The van der Waals surface area contributed by atoms with Crippen LogP contribution in [0.5, 0.6) is 0 Å². The Balaban J connectivity index is 3.41. The molecule has 0 radical (unpaired) electrons. The fourth-order valence-corrected chi connectivity index (χ4v) is 4.14. The third-order valence-electron chi connectivity index (χ3n) is 2.39. The molecule has 0 saturated carbocycles. The molecule has 0 aliphatic carbocycles. The molecule has 0 atom stereocenters. The number of esters is 1. The van der Waals surface area contributed by atoms with Crippen LogP contribution in [0.1, 0.15) is 30.4 Å². The zero-order chi connectivity index (χ0) is 14.6. The summed E-state index contributed by atoms with van der Waals surface area (Å²) in [6.45, 7) is 5.79. The zero-order valence-electron chi connectivity index (χ0n) is 11.1. The van der Waals surface area contributed by atoms with Gasteiger partial charge in [-0.2, -0.15) is 0 Å². The molecule has 0 fully saturated rings. The number of hydrogen-bond donors (Lipinski definition) is 2. The SMILES string of the molecule is CCNc1sc(C(=O)OCC)c(N)c1S(=O)(=O)CC. The minimum atomic E-state index is -3.49.